The molecule has 0 aliphatic carbocycles. The summed E-state index contributed by atoms with van der Waals surface area (Å²) in [7, 11) is 0. The highest BCUT2D eigenvalue weighted by atomic mass is 79.9. The summed E-state index contributed by atoms with van der Waals surface area (Å²) in [5.41, 5.74) is 6.16. The maximum atomic E-state index is 12.2. The monoisotopic (exact) mass is 382 g/mol. The molecule has 1 aliphatic rings. The lowest BCUT2D eigenvalue weighted by Crippen LogP contribution is -2.46. The number of nitrogens with zero attached hydrogens (tertiary/aromatic N) is 1. The van der Waals surface area contributed by atoms with E-state index < -0.39 is 0 Å². The molecule has 1 unspecified atom stereocenters. The number of piperidine rings is 1. The molecule has 0 saturated carbocycles. The van der Waals surface area contributed by atoms with Crippen molar-refractivity contribution in [2.75, 3.05) is 38.0 Å². The topological polar surface area (TPSA) is 87.5 Å². The van der Waals surface area contributed by atoms with Crippen LogP contribution in [0.1, 0.15) is 12.8 Å². The molecule has 1 aromatic rings. The minimum Gasteiger partial charge on any atom is -0.355 e. The molecule has 6 nitrogen and oxygen atoms in total. The molecule has 23 heavy (non-hydrogen) atoms. The van der Waals surface area contributed by atoms with Crippen molar-refractivity contribution < 1.29 is 9.59 Å². The SMILES string of the molecule is NCCNC(=O)C1CCCN(CC(=O)Nc2ccccc2Br)C1. The molecule has 7 heteroatoms. The Morgan fingerprint density at radius 2 is 2.13 bits per heavy atom. The van der Waals surface area contributed by atoms with Gasteiger partial charge in [-0.25, -0.2) is 0 Å². The average Bonchev–Trinajstić information content (AvgIpc) is 2.55. The lowest BCUT2D eigenvalue weighted by Gasteiger charge is -2.31. The van der Waals surface area contributed by atoms with Gasteiger partial charge < -0.3 is 16.4 Å². The van der Waals surface area contributed by atoms with Gasteiger partial charge in [-0.05, 0) is 47.4 Å². The molecule has 1 heterocycles. The van der Waals surface area contributed by atoms with Gasteiger partial charge in [-0.1, -0.05) is 12.1 Å². The number of anilines is 1. The van der Waals surface area contributed by atoms with E-state index in [1.54, 1.807) is 0 Å². The van der Waals surface area contributed by atoms with Crippen LogP contribution in [-0.4, -0.2) is 49.4 Å². The summed E-state index contributed by atoms with van der Waals surface area (Å²) < 4.78 is 0.853. The van der Waals surface area contributed by atoms with Gasteiger partial charge in [0, 0.05) is 24.1 Å². The Kier molecular flexibility index (Phi) is 7.01. The van der Waals surface area contributed by atoms with E-state index in [-0.39, 0.29) is 17.7 Å². The largest absolute Gasteiger partial charge is 0.355 e. The van der Waals surface area contributed by atoms with Crippen molar-refractivity contribution >= 4 is 33.4 Å². The fraction of sp³-hybridized carbons (Fsp3) is 0.500. The Morgan fingerprint density at radius 1 is 1.35 bits per heavy atom. The quantitative estimate of drug-likeness (QED) is 0.689. The highest BCUT2D eigenvalue weighted by Gasteiger charge is 2.26. The second kappa shape index (κ2) is 9.00. The molecule has 1 aliphatic heterocycles. The molecule has 1 aromatic carbocycles. The lowest BCUT2D eigenvalue weighted by atomic mass is 9.97. The van der Waals surface area contributed by atoms with Gasteiger partial charge >= 0.3 is 0 Å². The van der Waals surface area contributed by atoms with Crippen LogP contribution in [-0.2, 0) is 9.59 Å². The third-order valence-corrected chi connectivity index (χ3v) is 4.53. The first kappa shape index (κ1) is 17.9. The third kappa shape index (κ3) is 5.60. The standard InChI is InChI=1S/C16H23BrN4O2/c17-13-5-1-2-6-14(13)20-15(22)11-21-9-3-4-12(10-21)16(23)19-8-7-18/h1-2,5-6,12H,3-4,7-11,18H2,(H,19,23)(H,20,22). The van der Waals surface area contributed by atoms with E-state index in [4.69, 9.17) is 5.73 Å². The predicted molar refractivity (Wildman–Crippen MR) is 94.0 cm³/mol. The zero-order valence-electron chi connectivity index (χ0n) is 13.1. The van der Waals surface area contributed by atoms with Crippen molar-refractivity contribution in [2.45, 2.75) is 12.8 Å². The summed E-state index contributed by atoms with van der Waals surface area (Å²) in [5.74, 6) is -0.0992. The van der Waals surface area contributed by atoms with Crippen molar-refractivity contribution in [2.24, 2.45) is 11.7 Å². The Hall–Kier alpha value is -1.44. The molecule has 0 radical (unpaired) electrons. The van der Waals surface area contributed by atoms with Crippen LogP contribution in [0.5, 0.6) is 0 Å². The van der Waals surface area contributed by atoms with E-state index in [1.165, 1.54) is 0 Å². The van der Waals surface area contributed by atoms with Crippen LogP contribution < -0.4 is 16.4 Å². The van der Waals surface area contributed by atoms with E-state index >= 15 is 0 Å². The van der Waals surface area contributed by atoms with Crippen molar-refractivity contribution in [1.82, 2.24) is 10.2 Å². The predicted octanol–water partition coefficient (Wildman–Crippen LogP) is 1.17. The van der Waals surface area contributed by atoms with Gasteiger partial charge in [0.2, 0.25) is 11.8 Å². The highest BCUT2D eigenvalue weighted by molar-refractivity contribution is 9.10. The Labute approximate surface area is 144 Å². The molecule has 4 N–H and O–H groups in total. The number of hydrogen-bond donors (Lipinski definition) is 3. The normalized spacial score (nSPS) is 18.4. The van der Waals surface area contributed by atoms with Gasteiger partial charge in [-0.2, -0.15) is 0 Å². The second-order valence-corrected chi connectivity index (χ2v) is 6.54. The van der Waals surface area contributed by atoms with Gasteiger partial charge in [0.25, 0.3) is 0 Å². The number of rotatable bonds is 6. The minimum absolute atomic E-state index is 0.0337. The van der Waals surface area contributed by atoms with Crippen LogP contribution >= 0.6 is 15.9 Å². The first-order valence-electron chi connectivity index (χ1n) is 7.84. The molecule has 1 saturated heterocycles. The number of amides is 2. The van der Waals surface area contributed by atoms with Gasteiger partial charge in [0.05, 0.1) is 18.2 Å². The minimum atomic E-state index is -0.0695. The Balaban J connectivity index is 1.83. The van der Waals surface area contributed by atoms with Crippen LogP contribution in [0.4, 0.5) is 5.69 Å². The van der Waals surface area contributed by atoms with Crippen LogP contribution in [0.3, 0.4) is 0 Å². The van der Waals surface area contributed by atoms with E-state index in [0.29, 0.717) is 26.2 Å². The number of para-hydroxylation sites is 1. The van der Waals surface area contributed by atoms with Crippen LogP contribution in [0.25, 0.3) is 0 Å². The van der Waals surface area contributed by atoms with Crippen molar-refractivity contribution in [3.8, 4) is 0 Å². The van der Waals surface area contributed by atoms with Gasteiger partial charge in [0.15, 0.2) is 0 Å². The number of hydrogen-bond acceptors (Lipinski definition) is 4. The molecule has 2 amide bonds. The summed E-state index contributed by atoms with van der Waals surface area (Å²) in [6.07, 6.45) is 1.78. The van der Waals surface area contributed by atoms with Gasteiger partial charge in [0.1, 0.15) is 0 Å². The number of likely N-dealkylation sites (tertiary alicyclic amines) is 1. The summed E-state index contributed by atoms with van der Waals surface area (Å²) in [6, 6.07) is 7.50. The van der Waals surface area contributed by atoms with Crippen molar-refractivity contribution in [1.29, 1.82) is 0 Å². The first-order chi connectivity index (χ1) is 11.1. The number of nitrogens with one attached hydrogen (secondary N) is 2. The Bertz CT molecular complexity index is 553. The number of nitrogens with two attached hydrogens (primary N) is 1. The Morgan fingerprint density at radius 3 is 2.87 bits per heavy atom. The second-order valence-electron chi connectivity index (χ2n) is 5.68. The summed E-state index contributed by atoms with van der Waals surface area (Å²) in [6.45, 7) is 2.68. The van der Waals surface area contributed by atoms with E-state index in [0.717, 1.165) is 29.5 Å². The first-order valence-corrected chi connectivity index (χ1v) is 8.64. The van der Waals surface area contributed by atoms with Crippen molar-refractivity contribution in [3.05, 3.63) is 28.7 Å². The van der Waals surface area contributed by atoms with E-state index in [9.17, 15) is 9.59 Å². The van der Waals surface area contributed by atoms with E-state index in [1.807, 2.05) is 29.2 Å². The van der Waals surface area contributed by atoms with Gasteiger partial charge in [-0.15, -0.1) is 0 Å². The molecule has 0 spiro atoms. The summed E-state index contributed by atoms with van der Waals surface area (Å²) in [4.78, 5) is 26.2. The number of carbonyl (C=O) groups excluding carboxylic acids is 2. The van der Waals surface area contributed by atoms with Crippen LogP contribution in [0.2, 0.25) is 0 Å². The number of halogens is 1. The smallest absolute Gasteiger partial charge is 0.238 e. The lowest BCUT2D eigenvalue weighted by molar-refractivity contribution is -0.127. The van der Waals surface area contributed by atoms with Crippen LogP contribution in [0.15, 0.2) is 28.7 Å². The molecular weight excluding hydrogens is 360 g/mol. The molecular formula is C16H23BrN4O2. The molecule has 0 bridgehead atoms. The zero-order valence-corrected chi connectivity index (χ0v) is 14.6. The average molecular weight is 383 g/mol. The molecule has 126 valence electrons. The maximum absolute atomic E-state index is 12.2. The molecule has 2 rings (SSSR count). The molecule has 1 atom stereocenters. The van der Waals surface area contributed by atoms with Crippen molar-refractivity contribution in [3.63, 3.8) is 0 Å². The fourth-order valence-electron chi connectivity index (χ4n) is 2.71. The summed E-state index contributed by atoms with van der Waals surface area (Å²) >= 11 is 3.41. The fourth-order valence-corrected chi connectivity index (χ4v) is 3.09. The zero-order chi connectivity index (χ0) is 16.7. The molecule has 1 fully saturated rings. The molecule has 0 aromatic heterocycles. The van der Waals surface area contributed by atoms with Gasteiger partial charge in [-0.3, -0.25) is 14.5 Å². The number of carbonyl (C=O) groups is 2. The third-order valence-electron chi connectivity index (χ3n) is 3.84. The highest BCUT2D eigenvalue weighted by Crippen LogP contribution is 2.21. The van der Waals surface area contributed by atoms with Crippen LogP contribution in [0, 0.1) is 5.92 Å². The maximum Gasteiger partial charge on any atom is 0.238 e. The number of benzene rings is 1. The van der Waals surface area contributed by atoms with E-state index in [2.05, 4.69) is 26.6 Å². The summed E-state index contributed by atoms with van der Waals surface area (Å²) in [5, 5.41) is 5.72.